The molecule has 0 unspecified atom stereocenters. The molecule has 0 spiro atoms. The summed E-state index contributed by atoms with van der Waals surface area (Å²) in [7, 11) is 0. The fourth-order valence-corrected chi connectivity index (χ4v) is 2.26. The first-order valence-corrected chi connectivity index (χ1v) is 7.39. The molecule has 19 heavy (non-hydrogen) atoms. The molecule has 100 valence electrons. The lowest BCUT2D eigenvalue weighted by Crippen LogP contribution is -2.09. The van der Waals surface area contributed by atoms with E-state index in [2.05, 4.69) is 35.9 Å². The van der Waals surface area contributed by atoms with E-state index >= 15 is 0 Å². The Bertz CT molecular complexity index is 567. The third-order valence-corrected chi connectivity index (χ3v) is 3.26. The van der Waals surface area contributed by atoms with Crippen molar-refractivity contribution in [1.82, 2.24) is 19.9 Å². The van der Waals surface area contributed by atoms with Gasteiger partial charge in [-0.15, -0.1) is 0 Å². The number of hydrogen-bond acceptors (Lipinski definition) is 6. The Morgan fingerprint density at radius 1 is 1.26 bits per heavy atom. The minimum absolute atomic E-state index is 0.0258. The van der Waals surface area contributed by atoms with Gasteiger partial charge in [0.15, 0.2) is 0 Å². The van der Waals surface area contributed by atoms with E-state index < -0.39 is 0 Å². The predicted molar refractivity (Wildman–Crippen MR) is 76.7 cm³/mol. The van der Waals surface area contributed by atoms with Crippen LogP contribution in [0.1, 0.15) is 13.8 Å². The molecule has 0 N–H and O–H groups in total. The molecule has 2 rings (SSSR count). The van der Waals surface area contributed by atoms with Gasteiger partial charge in [0.25, 0.3) is 0 Å². The molecule has 0 atom stereocenters. The maximum atomic E-state index is 5.84. The maximum absolute atomic E-state index is 5.84. The molecule has 0 amide bonds. The number of hydrogen-bond donors (Lipinski definition) is 0. The number of nitrogens with zero attached hydrogens (tertiary/aromatic N) is 4. The first-order valence-electron chi connectivity index (χ1n) is 5.40. The van der Waals surface area contributed by atoms with Gasteiger partial charge in [0.2, 0.25) is 10.4 Å². The fourth-order valence-electron chi connectivity index (χ4n) is 1.14. The van der Waals surface area contributed by atoms with Gasteiger partial charge >= 0.3 is 6.01 Å². The molecule has 2 heterocycles. The Balaban J connectivity index is 2.19. The number of ether oxygens (including phenoxy) is 1. The van der Waals surface area contributed by atoms with Crippen molar-refractivity contribution in [3.05, 3.63) is 28.1 Å². The molecule has 0 radical (unpaired) electrons. The molecular weight excluding hydrogens is 352 g/mol. The fraction of sp³-hybridized carbons (Fsp3) is 0.273. The monoisotopic (exact) mass is 360 g/mol. The Kier molecular flexibility index (Phi) is 4.95. The average molecular weight is 362 g/mol. The van der Waals surface area contributed by atoms with Crippen molar-refractivity contribution in [2.24, 2.45) is 0 Å². The number of rotatable bonds is 4. The van der Waals surface area contributed by atoms with Crippen LogP contribution in [0, 0.1) is 0 Å². The van der Waals surface area contributed by atoms with Crippen LogP contribution < -0.4 is 4.74 Å². The number of aromatic nitrogens is 4. The number of halogens is 2. The normalized spacial score (nSPS) is 10.8. The van der Waals surface area contributed by atoms with Crippen LogP contribution in [0.2, 0.25) is 5.28 Å². The van der Waals surface area contributed by atoms with Gasteiger partial charge in [-0.3, -0.25) is 0 Å². The third-order valence-electron chi connectivity index (χ3n) is 1.80. The quantitative estimate of drug-likeness (QED) is 0.829. The summed E-state index contributed by atoms with van der Waals surface area (Å²) in [5, 5.41) is 1.32. The predicted octanol–water partition coefficient (Wildman–Crippen LogP) is 3.62. The lowest BCUT2D eigenvalue weighted by molar-refractivity contribution is 0.219. The summed E-state index contributed by atoms with van der Waals surface area (Å²) in [4.78, 5) is 16.3. The molecule has 0 aliphatic heterocycles. The highest BCUT2D eigenvalue weighted by molar-refractivity contribution is 9.10. The molecule has 0 bridgehead atoms. The molecule has 8 heteroatoms. The molecule has 0 aromatic carbocycles. The molecule has 2 aromatic rings. The summed E-state index contributed by atoms with van der Waals surface area (Å²) in [6, 6.07) is 3.97. The molecular formula is C11H10BrClN4OS. The van der Waals surface area contributed by atoms with E-state index in [1.807, 2.05) is 26.0 Å². The van der Waals surface area contributed by atoms with Gasteiger partial charge in [-0.25, -0.2) is 4.98 Å². The summed E-state index contributed by atoms with van der Waals surface area (Å²) in [6.45, 7) is 3.78. The Hall–Kier alpha value is -0.920. The van der Waals surface area contributed by atoms with Gasteiger partial charge < -0.3 is 4.74 Å². The SMILES string of the molecule is CC(C)Oc1nc(Cl)nc(Sc2ccc(Br)cn2)n1. The lowest BCUT2D eigenvalue weighted by atomic mass is 10.5. The van der Waals surface area contributed by atoms with Crippen LogP contribution in [-0.2, 0) is 0 Å². The average Bonchev–Trinajstić information content (AvgIpc) is 2.30. The minimum Gasteiger partial charge on any atom is -0.461 e. The zero-order chi connectivity index (χ0) is 13.8. The van der Waals surface area contributed by atoms with Crippen molar-refractivity contribution in [3.8, 4) is 6.01 Å². The van der Waals surface area contributed by atoms with E-state index in [-0.39, 0.29) is 17.4 Å². The lowest BCUT2D eigenvalue weighted by Gasteiger charge is -2.08. The molecule has 0 aliphatic rings. The number of pyridine rings is 1. The minimum atomic E-state index is -0.0258. The summed E-state index contributed by atoms with van der Waals surface area (Å²) in [6.07, 6.45) is 1.68. The second-order valence-electron chi connectivity index (χ2n) is 3.75. The third kappa shape index (κ3) is 4.59. The van der Waals surface area contributed by atoms with Crippen molar-refractivity contribution in [3.63, 3.8) is 0 Å². The highest BCUT2D eigenvalue weighted by atomic mass is 79.9. The highest BCUT2D eigenvalue weighted by Crippen LogP contribution is 2.25. The second-order valence-corrected chi connectivity index (χ2v) is 5.99. The largest absolute Gasteiger partial charge is 0.461 e. The van der Waals surface area contributed by atoms with Crippen molar-refractivity contribution in [2.75, 3.05) is 0 Å². The molecule has 0 saturated carbocycles. The van der Waals surface area contributed by atoms with Crippen LogP contribution in [0.4, 0.5) is 0 Å². The van der Waals surface area contributed by atoms with E-state index in [1.54, 1.807) is 6.20 Å². The molecule has 2 aromatic heterocycles. The van der Waals surface area contributed by atoms with Crippen LogP contribution in [0.3, 0.4) is 0 Å². The topological polar surface area (TPSA) is 60.8 Å². The maximum Gasteiger partial charge on any atom is 0.322 e. The van der Waals surface area contributed by atoms with Crippen LogP contribution in [-0.4, -0.2) is 26.0 Å². The molecule has 5 nitrogen and oxygen atoms in total. The first kappa shape index (κ1) is 14.5. The van der Waals surface area contributed by atoms with Gasteiger partial charge in [0.1, 0.15) is 5.03 Å². The Morgan fingerprint density at radius 3 is 2.68 bits per heavy atom. The Morgan fingerprint density at radius 2 is 2.05 bits per heavy atom. The van der Waals surface area contributed by atoms with E-state index in [9.17, 15) is 0 Å². The first-order chi connectivity index (χ1) is 9.02. The van der Waals surface area contributed by atoms with Crippen LogP contribution in [0.15, 0.2) is 33.0 Å². The van der Waals surface area contributed by atoms with Gasteiger partial charge in [0.05, 0.1) is 6.10 Å². The van der Waals surface area contributed by atoms with Crippen LogP contribution >= 0.6 is 39.3 Å². The van der Waals surface area contributed by atoms with E-state index in [4.69, 9.17) is 16.3 Å². The summed E-state index contributed by atoms with van der Waals surface area (Å²) < 4.78 is 6.32. The zero-order valence-corrected chi connectivity index (χ0v) is 13.3. The van der Waals surface area contributed by atoms with Gasteiger partial charge in [-0.1, -0.05) is 0 Å². The molecule has 0 aliphatic carbocycles. The Labute approximate surface area is 128 Å². The molecule has 0 saturated heterocycles. The van der Waals surface area contributed by atoms with Crippen LogP contribution in [0.25, 0.3) is 0 Å². The van der Waals surface area contributed by atoms with Crippen molar-refractivity contribution < 1.29 is 4.74 Å². The van der Waals surface area contributed by atoms with E-state index in [0.717, 1.165) is 9.50 Å². The van der Waals surface area contributed by atoms with Crippen LogP contribution in [0.5, 0.6) is 6.01 Å². The molecule has 0 fully saturated rings. The highest BCUT2D eigenvalue weighted by Gasteiger charge is 2.09. The van der Waals surface area contributed by atoms with Crippen molar-refractivity contribution in [1.29, 1.82) is 0 Å². The van der Waals surface area contributed by atoms with Gasteiger partial charge in [0, 0.05) is 10.7 Å². The zero-order valence-electron chi connectivity index (χ0n) is 10.2. The second kappa shape index (κ2) is 6.49. The summed E-state index contributed by atoms with van der Waals surface area (Å²) in [5.41, 5.74) is 0. The van der Waals surface area contributed by atoms with Gasteiger partial charge in [-0.2, -0.15) is 15.0 Å². The van der Waals surface area contributed by atoms with Crippen molar-refractivity contribution >= 4 is 39.3 Å². The van der Waals surface area contributed by atoms with E-state index in [1.165, 1.54) is 11.8 Å². The van der Waals surface area contributed by atoms with Crippen molar-refractivity contribution in [2.45, 2.75) is 30.1 Å². The summed E-state index contributed by atoms with van der Waals surface area (Å²) >= 11 is 10.5. The summed E-state index contributed by atoms with van der Waals surface area (Å²) in [5.74, 6) is 0. The standard InChI is InChI=1S/C11H10BrClN4OS/c1-6(2)18-10-15-9(13)16-11(17-10)19-8-4-3-7(12)5-14-8/h3-6H,1-2H3. The van der Waals surface area contributed by atoms with Gasteiger partial charge in [-0.05, 0) is 65.3 Å². The smallest absolute Gasteiger partial charge is 0.322 e. The van der Waals surface area contributed by atoms with E-state index in [0.29, 0.717) is 5.16 Å².